The maximum atomic E-state index is 14.6. The van der Waals surface area contributed by atoms with Crippen molar-refractivity contribution in [3.8, 4) is 5.75 Å². The molecule has 2 heterocycles. The summed E-state index contributed by atoms with van der Waals surface area (Å²) in [7, 11) is 1.59. The third-order valence-corrected chi connectivity index (χ3v) is 9.06. The van der Waals surface area contributed by atoms with Crippen molar-refractivity contribution in [2.24, 2.45) is 5.41 Å². The van der Waals surface area contributed by atoms with Gasteiger partial charge in [0.15, 0.2) is 17.3 Å². The summed E-state index contributed by atoms with van der Waals surface area (Å²) in [6.07, 6.45) is 3.90. The van der Waals surface area contributed by atoms with Gasteiger partial charge in [0, 0.05) is 32.8 Å². The van der Waals surface area contributed by atoms with E-state index in [0.29, 0.717) is 22.4 Å². The molecule has 4 aromatic rings. The van der Waals surface area contributed by atoms with E-state index in [0.717, 1.165) is 21.3 Å². The van der Waals surface area contributed by atoms with Crippen LogP contribution in [0, 0.1) is 5.41 Å². The van der Waals surface area contributed by atoms with Crippen molar-refractivity contribution < 1.29 is 19.1 Å². The first-order valence-corrected chi connectivity index (χ1v) is 13.9. The lowest BCUT2D eigenvalue weighted by Crippen LogP contribution is -2.48. The van der Waals surface area contributed by atoms with E-state index in [1.54, 1.807) is 43.5 Å². The topological polar surface area (TPSA) is 63.7 Å². The number of Topliss-reactive ketones (excluding diaryl/α,β-unsaturated/α-hetero) is 3. The normalized spacial score (nSPS) is 21.8. The van der Waals surface area contributed by atoms with Crippen molar-refractivity contribution >= 4 is 45.0 Å². The van der Waals surface area contributed by atoms with Crippen LogP contribution in [0.3, 0.4) is 0 Å². The maximum absolute atomic E-state index is 14.6. The number of ether oxygens (including phenoxy) is 1. The van der Waals surface area contributed by atoms with E-state index in [2.05, 4.69) is 15.9 Å². The van der Waals surface area contributed by atoms with E-state index in [1.165, 1.54) is 0 Å². The molecule has 0 N–H and O–H groups in total. The van der Waals surface area contributed by atoms with Crippen molar-refractivity contribution in [3.05, 3.63) is 135 Å². The van der Waals surface area contributed by atoms with Gasteiger partial charge in [0.1, 0.15) is 17.2 Å². The zero-order valence-electron chi connectivity index (χ0n) is 21.6. The molecule has 196 valence electrons. The smallest absolute Gasteiger partial charge is 0.185 e. The summed E-state index contributed by atoms with van der Waals surface area (Å²) in [4.78, 5) is 45.9. The van der Waals surface area contributed by atoms with Crippen LogP contribution in [0.15, 0.2) is 108 Å². The number of ketones is 3. The maximum Gasteiger partial charge on any atom is 0.185 e. The molecule has 1 spiro atoms. The number of nitrogens with zero attached hydrogens (tertiary/aromatic N) is 1. The minimum Gasteiger partial charge on any atom is -0.497 e. The Morgan fingerprint density at radius 2 is 1.50 bits per heavy atom. The summed E-state index contributed by atoms with van der Waals surface area (Å²) in [6.45, 7) is 0. The number of hydrogen-bond acceptors (Lipinski definition) is 5. The van der Waals surface area contributed by atoms with Crippen molar-refractivity contribution in [3.63, 3.8) is 0 Å². The van der Waals surface area contributed by atoms with Gasteiger partial charge in [0.2, 0.25) is 0 Å². The van der Waals surface area contributed by atoms with Gasteiger partial charge in [0.25, 0.3) is 0 Å². The monoisotopic (exact) mass is 589 g/mol. The van der Waals surface area contributed by atoms with E-state index in [9.17, 15) is 14.4 Å². The third kappa shape index (κ3) is 3.29. The van der Waals surface area contributed by atoms with Gasteiger partial charge in [-0.2, -0.15) is 0 Å². The van der Waals surface area contributed by atoms with Crippen LogP contribution < -0.4 is 9.64 Å². The van der Waals surface area contributed by atoms with Crippen LogP contribution in [0.2, 0.25) is 0 Å². The first kappa shape index (κ1) is 24.7. The Labute approximate surface area is 240 Å². The number of carbonyl (C=O) groups is 3. The molecule has 0 aromatic heterocycles. The number of methoxy groups -OCH3 is 1. The zero-order valence-corrected chi connectivity index (χ0v) is 23.2. The lowest BCUT2D eigenvalue weighted by molar-refractivity contribution is 0.0666. The highest BCUT2D eigenvalue weighted by Crippen LogP contribution is 2.61. The number of anilines is 1. The highest BCUT2D eigenvalue weighted by molar-refractivity contribution is 9.10. The minimum atomic E-state index is -1.52. The zero-order chi connectivity index (χ0) is 27.6. The van der Waals surface area contributed by atoms with Gasteiger partial charge < -0.3 is 9.64 Å². The first-order valence-electron chi connectivity index (χ1n) is 13.1. The van der Waals surface area contributed by atoms with Crippen LogP contribution in [0.5, 0.6) is 5.75 Å². The van der Waals surface area contributed by atoms with Crippen molar-refractivity contribution in [2.45, 2.75) is 18.0 Å². The Morgan fingerprint density at radius 1 is 0.850 bits per heavy atom. The lowest BCUT2D eigenvalue weighted by atomic mass is 9.64. The molecule has 0 unspecified atom stereocenters. The molecule has 0 bridgehead atoms. The van der Waals surface area contributed by atoms with Crippen LogP contribution in [-0.4, -0.2) is 36.5 Å². The van der Waals surface area contributed by atoms with Crippen LogP contribution >= 0.6 is 15.9 Å². The fourth-order valence-corrected chi connectivity index (χ4v) is 7.28. The number of rotatable bonds is 4. The van der Waals surface area contributed by atoms with Gasteiger partial charge in [0.05, 0.1) is 13.2 Å². The molecule has 3 atom stereocenters. The van der Waals surface area contributed by atoms with Crippen molar-refractivity contribution in [2.75, 3.05) is 12.0 Å². The predicted molar refractivity (Wildman–Crippen MR) is 157 cm³/mol. The van der Waals surface area contributed by atoms with Crippen LogP contribution in [-0.2, 0) is 0 Å². The molecule has 0 saturated carbocycles. The van der Waals surface area contributed by atoms with E-state index >= 15 is 0 Å². The summed E-state index contributed by atoms with van der Waals surface area (Å²) >= 11 is 3.56. The summed E-state index contributed by atoms with van der Waals surface area (Å²) in [6, 6.07) is 28.0. The van der Waals surface area contributed by atoms with Gasteiger partial charge in [-0.05, 0) is 41.5 Å². The van der Waals surface area contributed by atoms with Crippen LogP contribution in [0.1, 0.15) is 48.1 Å². The number of hydrogen-bond donors (Lipinski definition) is 0. The Morgan fingerprint density at radius 3 is 2.15 bits per heavy atom. The largest absolute Gasteiger partial charge is 0.497 e. The molecular formula is C34H24BrNO4. The van der Waals surface area contributed by atoms with Crippen LogP contribution in [0.25, 0.3) is 6.08 Å². The van der Waals surface area contributed by atoms with E-state index in [-0.39, 0.29) is 17.3 Å². The molecule has 0 radical (unpaired) electrons. The molecule has 1 aliphatic carbocycles. The van der Waals surface area contributed by atoms with E-state index in [1.807, 2.05) is 77.7 Å². The van der Waals surface area contributed by atoms with Crippen molar-refractivity contribution in [1.82, 2.24) is 0 Å². The van der Waals surface area contributed by atoms with E-state index in [4.69, 9.17) is 4.74 Å². The summed E-state index contributed by atoms with van der Waals surface area (Å²) in [5, 5.41) is 0. The summed E-state index contributed by atoms with van der Waals surface area (Å²) in [5.41, 5.74) is 2.31. The van der Waals surface area contributed by atoms with Gasteiger partial charge in [-0.25, -0.2) is 0 Å². The van der Waals surface area contributed by atoms with Crippen molar-refractivity contribution in [1.29, 1.82) is 0 Å². The molecule has 1 fully saturated rings. The summed E-state index contributed by atoms with van der Waals surface area (Å²) < 4.78 is 6.31. The molecule has 7 rings (SSSR count). The number of halogens is 1. The Hall–Kier alpha value is -4.29. The number of fused-ring (bicyclic) bond motifs is 5. The van der Waals surface area contributed by atoms with Gasteiger partial charge >= 0.3 is 0 Å². The van der Waals surface area contributed by atoms with E-state index < -0.39 is 23.4 Å². The number of benzene rings is 4. The second-order valence-corrected chi connectivity index (χ2v) is 11.3. The Kier molecular flexibility index (Phi) is 5.65. The summed E-state index contributed by atoms with van der Waals surface area (Å²) in [5.74, 6) is -0.705. The highest BCUT2D eigenvalue weighted by atomic mass is 79.9. The van der Waals surface area contributed by atoms with Gasteiger partial charge in [-0.1, -0.05) is 94.8 Å². The first-order chi connectivity index (χ1) is 19.5. The molecule has 0 amide bonds. The Balaban J connectivity index is 1.54. The quantitative estimate of drug-likeness (QED) is 0.194. The Bertz CT molecular complexity index is 1690. The molecule has 40 heavy (non-hydrogen) atoms. The molecule has 1 saturated heterocycles. The lowest BCUT2D eigenvalue weighted by Gasteiger charge is -2.37. The highest BCUT2D eigenvalue weighted by Gasteiger charge is 2.71. The average Bonchev–Trinajstić information content (AvgIpc) is 3.43. The van der Waals surface area contributed by atoms with Gasteiger partial charge in [-0.3, -0.25) is 14.4 Å². The molecule has 5 nitrogen and oxygen atoms in total. The fraction of sp³-hybridized carbons (Fsp3) is 0.147. The SMILES string of the molecule is COc1ccc([C@@H]2[C@H](C(=O)c3ccccc3)N3c4ccc(Br)cc4C=C[C@@H]3C23C(=O)c2ccccc2C3=O)cc1. The standard InChI is InChI=1S/C34H24BrNO4/c1-40-24-15-11-20(12-16-24)29-30(31(37)21-7-3-2-4-8-21)36-27-17-14-23(35)19-22(27)13-18-28(36)34(29)32(38)25-9-5-6-10-26(25)33(34)39/h2-19,28-30H,1H3/t28-,29-,30-/m1/s1. The third-order valence-electron chi connectivity index (χ3n) is 8.57. The second-order valence-electron chi connectivity index (χ2n) is 10.4. The predicted octanol–water partition coefficient (Wildman–Crippen LogP) is 6.77. The molecule has 4 aromatic carbocycles. The second kappa shape index (κ2) is 9.14. The number of carbonyl (C=O) groups excluding carboxylic acids is 3. The molecule has 2 aliphatic heterocycles. The average molecular weight is 590 g/mol. The molecular weight excluding hydrogens is 566 g/mol. The molecule has 6 heteroatoms. The molecule has 3 aliphatic rings. The fourth-order valence-electron chi connectivity index (χ4n) is 6.91. The van der Waals surface area contributed by atoms with Gasteiger partial charge in [-0.15, -0.1) is 0 Å². The van der Waals surface area contributed by atoms with Crippen LogP contribution in [0.4, 0.5) is 5.69 Å². The minimum absolute atomic E-state index is 0.135.